The number of rotatable bonds is 5. The summed E-state index contributed by atoms with van der Waals surface area (Å²) < 4.78 is 0. The summed E-state index contributed by atoms with van der Waals surface area (Å²) in [6.45, 7) is 8.53. The van der Waals surface area contributed by atoms with E-state index in [0.29, 0.717) is 13.0 Å². The van der Waals surface area contributed by atoms with Crippen molar-refractivity contribution in [2.45, 2.75) is 46.2 Å². The second kappa shape index (κ2) is 6.65. The van der Waals surface area contributed by atoms with Crippen LogP contribution in [0.15, 0.2) is 0 Å². The number of carbonyl (C=O) groups excluding carboxylic acids is 1. The summed E-state index contributed by atoms with van der Waals surface area (Å²) in [5.41, 5.74) is 0. The summed E-state index contributed by atoms with van der Waals surface area (Å²) in [4.78, 5) is 13.4. The van der Waals surface area contributed by atoms with Crippen LogP contribution in [0.2, 0.25) is 0 Å². The molecule has 14 heavy (non-hydrogen) atoms. The molecule has 0 aliphatic rings. The number of nitrogens with zero attached hydrogens (tertiary/aromatic N) is 1. The smallest absolute Gasteiger partial charge is 0.317 e. The summed E-state index contributed by atoms with van der Waals surface area (Å²) in [5, 5.41) is 11.5. The van der Waals surface area contributed by atoms with E-state index in [0.717, 1.165) is 0 Å². The van der Waals surface area contributed by atoms with Gasteiger partial charge in [-0.25, -0.2) is 4.79 Å². The van der Waals surface area contributed by atoms with Crippen molar-refractivity contribution in [3.8, 4) is 0 Å². The topological polar surface area (TPSA) is 52.6 Å². The maximum Gasteiger partial charge on any atom is 0.317 e. The molecule has 0 fully saturated rings. The van der Waals surface area contributed by atoms with Gasteiger partial charge in [0.1, 0.15) is 0 Å². The molecule has 0 unspecified atom stereocenters. The number of aliphatic hydroxyl groups excluding tert-OH is 1. The van der Waals surface area contributed by atoms with Gasteiger partial charge >= 0.3 is 6.03 Å². The third-order valence-corrected chi connectivity index (χ3v) is 1.85. The Morgan fingerprint density at radius 3 is 2.29 bits per heavy atom. The highest BCUT2D eigenvalue weighted by atomic mass is 16.3. The molecule has 4 nitrogen and oxygen atoms in total. The van der Waals surface area contributed by atoms with E-state index in [2.05, 4.69) is 5.32 Å². The van der Waals surface area contributed by atoms with Crippen LogP contribution in [0, 0.1) is 0 Å². The van der Waals surface area contributed by atoms with Crippen LogP contribution >= 0.6 is 0 Å². The van der Waals surface area contributed by atoms with Crippen molar-refractivity contribution in [2.75, 3.05) is 13.2 Å². The quantitative estimate of drug-likeness (QED) is 0.703. The standard InChI is InChI=1S/C10H22N2O2/c1-8(2)11-10(14)12(9(3)4)6-5-7-13/h8-9,13H,5-7H2,1-4H3,(H,11,14). The zero-order chi connectivity index (χ0) is 11.1. The van der Waals surface area contributed by atoms with E-state index < -0.39 is 0 Å². The Hall–Kier alpha value is -0.770. The lowest BCUT2D eigenvalue weighted by Crippen LogP contribution is -2.46. The third-order valence-electron chi connectivity index (χ3n) is 1.85. The van der Waals surface area contributed by atoms with E-state index in [4.69, 9.17) is 5.11 Å². The molecule has 0 radical (unpaired) electrons. The first-order valence-corrected chi connectivity index (χ1v) is 5.17. The molecular formula is C10H22N2O2. The number of amides is 2. The summed E-state index contributed by atoms with van der Waals surface area (Å²) in [6.07, 6.45) is 0.629. The molecule has 0 aromatic heterocycles. The van der Waals surface area contributed by atoms with E-state index in [1.165, 1.54) is 0 Å². The van der Waals surface area contributed by atoms with Gasteiger partial charge in [0.15, 0.2) is 0 Å². The fourth-order valence-corrected chi connectivity index (χ4v) is 1.17. The maximum atomic E-state index is 11.6. The zero-order valence-corrected chi connectivity index (χ0v) is 9.58. The van der Waals surface area contributed by atoms with Gasteiger partial charge in [-0.15, -0.1) is 0 Å². The predicted molar refractivity (Wildman–Crippen MR) is 57.2 cm³/mol. The Kier molecular flexibility index (Phi) is 6.28. The second-order valence-corrected chi connectivity index (χ2v) is 3.97. The predicted octanol–water partition coefficient (Wildman–Crippen LogP) is 1.20. The minimum atomic E-state index is -0.0524. The largest absolute Gasteiger partial charge is 0.396 e. The van der Waals surface area contributed by atoms with Gasteiger partial charge in [-0.1, -0.05) is 0 Å². The summed E-state index contributed by atoms with van der Waals surface area (Å²) in [6, 6.07) is 0.265. The third kappa shape index (κ3) is 5.07. The van der Waals surface area contributed by atoms with Crippen LogP contribution in [0.3, 0.4) is 0 Å². The lowest BCUT2D eigenvalue weighted by Gasteiger charge is -2.27. The number of aliphatic hydroxyl groups is 1. The Morgan fingerprint density at radius 2 is 1.93 bits per heavy atom. The van der Waals surface area contributed by atoms with Gasteiger partial charge in [0.25, 0.3) is 0 Å². The average molecular weight is 202 g/mol. The van der Waals surface area contributed by atoms with E-state index in [-0.39, 0.29) is 24.7 Å². The Labute approximate surface area is 86.3 Å². The average Bonchev–Trinajstić information content (AvgIpc) is 2.02. The molecule has 4 heteroatoms. The van der Waals surface area contributed by atoms with Crippen molar-refractivity contribution in [3.05, 3.63) is 0 Å². The summed E-state index contributed by atoms with van der Waals surface area (Å²) >= 11 is 0. The van der Waals surface area contributed by atoms with Crippen LogP contribution in [0.4, 0.5) is 4.79 Å². The molecular weight excluding hydrogens is 180 g/mol. The summed E-state index contributed by atoms with van der Waals surface area (Å²) in [7, 11) is 0. The molecule has 0 aromatic carbocycles. The van der Waals surface area contributed by atoms with Gasteiger partial charge in [-0.05, 0) is 34.1 Å². The molecule has 0 saturated heterocycles. The Balaban J connectivity index is 4.11. The minimum Gasteiger partial charge on any atom is -0.396 e. The molecule has 0 saturated carbocycles. The van der Waals surface area contributed by atoms with Crippen molar-refractivity contribution in [1.29, 1.82) is 0 Å². The Bertz CT molecular complexity index is 170. The first-order chi connectivity index (χ1) is 6.49. The van der Waals surface area contributed by atoms with E-state index in [1.807, 2.05) is 27.7 Å². The molecule has 0 spiro atoms. The van der Waals surface area contributed by atoms with Crippen LogP contribution < -0.4 is 5.32 Å². The first-order valence-electron chi connectivity index (χ1n) is 5.17. The van der Waals surface area contributed by atoms with Crippen molar-refractivity contribution in [2.24, 2.45) is 0 Å². The number of urea groups is 1. The van der Waals surface area contributed by atoms with E-state index in [9.17, 15) is 4.79 Å². The fraction of sp³-hybridized carbons (Fsp3) is 0.900. The number of hydrogen-bond donors (Lipinski definition) is 2. The van der Waals surface area contributed by atoms with Gasteiger partial charge in [-0.2, -0.15) is 0 Å². The van der Waals surface area contributed by atoms with Gasteiger partial charge in [0.05, 0.1) is 0 Å². The van der Waals surface area contributed by atoms with Crippen LogP contribution in [-0.2, 0) is 0 Å². The normalized spacial score (nSPS) is 10.8. The maximum absolute atomic E-state index is 11.6. The molecule has 0 heterocycles. The van der Waals surface area contributed by atoms with Crippen molar-refractivity contribution in [1.82, 2.24) is 10.2 Å². The summed E-state index contributed by atoms with van der Waals surface area (Å²) in [5.74, 6) is 0. The molecule has 0 aromatic rings. The highest BCUT2D eigenvalue weighted by molar-refractivity contribution is 5.74. The SMILES string of the molecule is CC(C)NC(=O)N(CCCO)C(C)C. The van der Waals surface area contributed by atoms with Crippen molar-refractivity contribution >= 4 is 6.03 Å². The van der Waals surface area contributed by atoms with Gasteiger partial charge in [0, 0.05) is 25.2 Å². The number of nitrogens with one attached hydrogen (secondary N) is 1. The molecule has 0 rings (SSSR count). The number of carbonyl (C=O) groups is 1. The van der Waals surface area contributed by atoms with Crippen LogP contribution in [0.1, 0.15) is 34.1 Å². The molecule has 84 valence electrons. The van der Waals surface area contributed by atoms with Gasteiger partial charge < -0.3 is 15.3 Å². The van der Waals surface area contributed by atoms with E-state index in [1.54, 1.807) is 4.90 Å². The van der Waals surface area contributed by atoms with Crippen molar-refractivity contribution in [3.63, 3.8) is 0 Å². The lowest BCUT2D eigenvalue weighted by molar-refractivity contribution is 0.172. The molecule has 0 aliphatic heterocycles. The number of hydrogen-bond acceptors (Lipinski definition) is 2. The van der Waals surface area contributed by atoms with Crippen molar-refractivity contribution < 1.29 is 9.90 Å². The van der Waals surface area contributed by atoms with Crippen LogP contribution in [0.25, 0.3) is 0 Å². The first kappa shape index (κ1) is 13.2. The Morgan fingerprint density at radius 1 is 1.36 bits per heavy atom. The van der Waals surface area contributed by atoms with Crippen LogP contribution in [0.5, 0.6) is 0 Å². The van der Waals surface area contributed by atoms with Gasteiger partial charge in [0.2, 0.25) is 0 Å². The van der Waals surface area contributed by atoms with Crippen LogP contribution in [-0.4, -0.2) is 41.3 Å². The molecule has 0 aliphatic carbocycles. The monoisotopic (exact) mass is 202 g/mol. The lowest BCUT2D eigenvalue weighted by atomic mass is 10.3. The highest BCUT2D eigenvalue weighted by Crippen LogP contribution is 2.00. The second-order valence-electron chi connectivity index (χ2n) is 3.97. The zero-order valence-electron chi connectivity index (χ0n) is 9.58. The van der Waals surface area contributed by atoms with Gasteiger partial charge in [-0.3, -0.25) is 0 Å². The van der Waals surface area contributed by atoms with E-state index >= 15 is 0 Å². The fourth-order valence-electron chi connectivity index (χ4n) is 1.17. The molecule has 2 N–H and O–H groups in total. The minimum absolute atomic E-state index is 0.0524. The highest BCUT2D eigenvalue weighted by Gasteiger charge is 2.16. The molecule has 0 bridgehead atoms. The molecule has 0 atom stereocenters. The molecule has 2 amide bonds.